The van der Waals surface area contributed by atoms with Gasteiger partial charge in [-0.15, -0.1) is 0 Å². The van der Waals surface area contributed by atoms with Crippen LogP contribution < -0.4 is 0 Å². The lowest BCUT2D eigenvalue weighted by Gasteiger charge is -2.04. The lowest BCUT2D eigenvalue weighted by atomic mass is 10.3. The van der Waals surface area contributed by atoms with Gasteiger partial charge in [0.05, 0.1) is 19.8 Å². The zero-order chi connectivity index (χ0) is 12.2. The summed E-state index contributed by atoms with van der Waals surface area (Å²) in [5.41, 5.74) is 0.293. The molecule has 0 atom stereocenters. The normalized spacial score (nSPS) is 11.8. The average Bonchev–Trinajstić information content (AvgIpc) is 2.26. The van der Waals surface area contributed by atoms with Crippen molar-refractivity contribution in [3.8, 4) is 0 Å². The second kappa shape index (κ2) is 10.6. The first-order valence-electron chi connectivity index (χ1n) is 5.23. The molecule has 0 saturated heterocycles. The quantitative estimate of drug-likeness (QED) is 0.451. The van der Waals surface area contributed by atoms with Crippen molar-refractivity contribution in [1.82, 2.24) is 0 Å². The molecular weight excluding hydrogens is 212 g/mol. The molecule has 0 aromatic heterocycles. The van der Waals surface area contributed by atoms with Crippen molar-refractivity contribution in [2.45, 2.75) is 13.3 Å². The monoisotopic (exact) mass is 232 g/mol. The Morgan fingerprint density at radius 3 is 2.50 bits per heavy atom. The Morgan fingerprint density at radius 1 is 1.19 bits per heavy atom. The van der Waals surface area contributed by atoms with Crippen LogP contribution in [0.5, 0.6) is 0 Å². The van der Waals surface area contributed by atoms with Gasteiger partial charge in [-0.05, 0) is 19.4 Å². The van der Waals surface area contributed by atoms with Crippen LogP contribution in [0.4, 0.5) is 0 Å². The van der Waals surface area contributed by atoms with E-state index in [4.69, 9.17) is 19.3 Å². The minimum absolute atomic E-state index is 0.293. The maximum Gasteiger partial charge on any atom is 0.331 e. The Morgan fingerprint density at radius 2 is 1.88 bits per heavy atom. The van der Waals surface area contributed by atoms with Gasteiger partial charge in [0.25, 0.3) is 0 Å². The van der Waals surface area contributed by atoms with Crippen LogP contribution in [0.25, 0.3) is 0 Å². The van der Waals surface area contributed by atoms with Crippen LogP contribution in [0.1, 0.15) is 13.3 Å². The third kappa shape index (κ3) is 9.64. The number of methoxy groups -OCH3 is 1. The number of carboxylic acid groups (broad SMARTS) is 1. The predicted molar refractivity (Wildman–Crippen MR) is 59.5 cm³/mol. The fraction of sp³-hybridized carbons (Fsp3) is 0.727. The summed E-state index contributed by atoms with van der Waals surface area (Å²) >= 11 is 0. The van der Waals surface area contributed by atoms with Crippen molar-refractivity contribution in [2.75, 3.05) is 40.1 Å². The molecule has 0 aliphatic carbocycles. The van der Waals surface area contributed by atoms with Gasteiger partial charge in [0.2, 0.25) is 0 Å². The maximum atomic E-state index is 10.4. The van der Waals surface area contributed by atoms with E-state index in [2.05, 4.69) is 0 Å². The molecule has 0 aromatic rings. The lowest BCUT2D eigenvalue weighted by Crippen LogP contribution is -2.07. The first kappa shape index (κ1) is 15.1. The van der Waals surface area contributed by atoms with Gasteiger partial charge >= 0.3 is 5.97 Å². The molecule has 1 N–H and O–H groups in total. The summed E-state index contributed by atoms with van der Waals surface area (Å²) in [6.45, 7) is 4.18. The molecule has 0 unspecified atom stereocenters. The SMILES string of the molecule is COCCCOCCOC/C=C(/C)C(=O)O. The molecule has 0 amide bonds. The Balaban J connectivity index is 3.21. The third-order valence-electron chi connectivity index (χ3n) is 1.85. The van der Waals surface area contributed by atoms with Crippen molar-refractivity contribution in [3.05, 3.63) is 11.6 Å². The third-order valence-corrected chi connectivity index (χ3v) is 1.85. The van der Waals surface area contributed by atoms with E-state index in [1.54, 1.807) is 7.11 Å². The van der Waals surface area contributed by atoms with Crippen LogP contribution in [-0.4, -0.2) is 51.2 Å². The summed E-state index contributed by atoms with van der Waals surface area (Å²) in [6, 6.07) is 0. The highest BCUT2D eigenvalue weighted by Crippen LogP contribution is 1.92. The molecule has 5 nitrogen and oxygen atoms in total. The number of hydrogen-bond acceptors (Lipinski definition) is 4. The van der Waals surface area contributed by atoms with E-state index < -0.39 is 5.97 Å². The fourth-order valence-corrected chi connectivity index (χ4v) is 0.880. The van der Waals surface area contributed by atoms with Gasteiger partial charge < -0.3 is 19.3 Å². The molecule has 0 bridgehead atoms. The van der Waals surface area contributed by atoms with E-state index >= 15 is 0 Å². The van der Waals surface area contributed by atoms with Gasteiger partial charge in [0.1, 0.15) is 0 Å². The van der Waals surface area contributed by atoms with E-state index in [0.717, 1.165) is 6.42 Å². The highest BCUT2D eigenvalue weighted by atomic mass is 16.5. The van der Waals surface area contributed by atoms with Crippen molar-refractivity contribution in [2.24, 2.45) is 0 Å². The number of hydrogen-bond donors (Lipinski definition) is 1. The molecular formula is C11H20O5. The van der Waals surface area contributed by atoms with Crippen LogP contribution in [0.15, 0.2) is 11.6 Å². The van der Waals surface area contributed by atoms with Crippen LogP contribution in [0, 0.1) is 0 Å². The summed E-state index contributed by atoms with van der Waals surface area (Å²) in [4.78, 5) is 10.4. The van der Waals surface area contributed by atoms with Gasteiger partial charge in [-0.3, -0.25) is 0 Å². The van der Waals surface area contributed by atoms with Crippen LogP contribution in [0.3, 0.4) is 0 Å². The van der Waals surface area contributed by atoms with Crippen molar-refractivity contribution in [3.63, 3.8) is 0 Å². The molecule has 0 aliphatic rings. The highest BCUT2D eigenvalue weighted by Gasteiger charge is 1.97. The topological polar surface area (TPSA) is 65.0 Å². The van der Waals surface area contributed by atoms with E-state index in [9.17, 15) is 4.79 Å². The Hall–Kier alpha value is -0.910. The second-order valence-electron chi connectivity index (χ2n) is 3.23. The molecule has 94 valence electrons. The second-order valence-corrected chi connectivity index (χ2v) is 3.23. The average molecular weight is 232 g/mol. The summed E-state index contributed by atoms with van der Waals surface area (Å²) in [6.07, 6.45) is 2.40. The molecule has 0 rings (SSSR count). The molecule has 0 radical (unpaired) electrons. The van der Waals surface area contributed by atoms with E-state index in [1.807, 2.05) is 0 Å². The smallest absolute Gasteiger partial charge is 0.331 e. The minimum atomic E-state index is -0.917. The molecule has 0 aromatic carbocycles. The molecule has 0 fully saturated rings. The number of carboxylic acids is 1. The van der Waals surface area contributed by atoms with Gasteiger partial charge in [-0.2, -0.15) is 0 Å². The van der Waals surface area contributed by atoms with Crippen molar-refractivity contribution >= 4 is 5.97 Å². The Kier molecular flexibility index (Phi) is 10.00. The van der Waals surface area contributed by atoms with Gasteiger partial charge in [-0.25, -0.2) is 4.79 Å². The maximum absolute atomic E-state index is 10.4. The Bertz CT molecular complexity index is 212. The van der Waals surface area contributed by atoms with Crippen molar-refractivity contribution in [1.29, 1.82) is 0 Å². The van der Waals surface area contributed by atoms with Gasteiger partial charge in [-0.1, -0.05) is 0 Å². The Labute approximate surface area is 96.0 Å². The van der Waals surface area contributed by atoms with Crippen LogP contribution >= 0.6 is 0 Å². The summed E-state index contributed by atoms with van der Waals surface area (Å²) in [5.74, 6) is -0.917. The van der Waals surface area contributed by atoms with Crippen molar-refractivity contribution < 1.29 is 24.1 Å². The summed E-state index contributed by atoms with van der Waals surface area (Å²) < 4.78 is 15.3. The van der Waals surface area contributed by atoms with Crippen LogP contribution in [-0.2, 0) is 19.0 Å². The first-order chi connectivity index (χ1) is 7.68. The molecule has 0 heterocycles. The number of carbonyl (C=O) groups is 1. The minimum Gasteiger partial charge on any atom is -0.478 e. The summed E-state index contributed by atoms with van der Waals surface area (Å²) in [7, 11) is 1.65. The highest BCUT2D eigenvalue weighted by molar-refractivity contribution is 5.85. The molecule has 0 aliphatic heterocycles. The van der Waals surface area contributed by atoms with Gasteiger partial charge in [0.15, 0.2) is 0 Å². The lowest BCUT2D eigenvalue weighted by molar-refractivity contribution is -0.132. The number of ether oxygens (including phenoxy) is 3. The largest absolute Gasteiger partial charge is 0.478 e. The molecule has 0 saturated carbocycles. The van der Waals surface area contributed by atoms with E-state index in [-0.39, 0.29) is 0 Å². The zero-order valence-corrected chi connectivity index (χ0v) is 9.90. The summed E-state index contributed by atoms with van der Waals surface area (Å²) in [5, 5.41) is 8.54. The standard InChI is InChI=1S/C11H20O5/c1-10(11(12)13)4-7-16-9-8-15-6-3-5-14-2/h4H,3,5-9H2,1-2H3,(H,12,13)/b10-4-. The predicted octanol–water partition coefficient (Wildman–Crippen LogP) is 1.09. The molecule has 5 heteroatoms. The number of rotatable bonds is 10. The molecule has 0 spiro atoms. The van der Waals surface area contributed by atoms with E-state index in [1.165, 1.54) is 13.0 Å². The van der Waals surface area contributed by atoms with Gasteiger partial charge in [0, 0.05) is 25.9 Å². The van der Waals surface area contributed by atoms with E-state index in [0.29, 0.717) is 38.6 Å². The number of aliphatic carboxylic acids is 1. The van der Waals surface area contributed by atoms with Crippen LogP contribution in [0.2, 0.25) is 0 Å². The first-order valence-corrected chi connectivity index (χ1v) is 5.23. The zero-order valence-electron chi connectivity index (χ0n) is 9.90. The molecule has 16 heavy (non-hydrogen) atoms. The fourth-order valence-electron chi connectivity index (χ4n) is 0.880.